The van der Waals surface area contributed by atoms with Gasteiger partial charge in [-0.2, -0.15) is 0 Å². The highest BCUT2D eigenvalue weighted by Gasteiger charge is 2.13. The molecule has 0 amide bonds. The number of thiazole rings is 1. The number of rotatable bonds is 4. The molecule has 5 nitrogen and oxygen atoms in total. The summed E-state index contributed by atoms with van der Waals surface area (Å²) >= 11 is 1.48. The Balaban J connectivity index is 1.55. The lowest BCUT2D eigenvalue weighted by Crippen LogP contribution is -2.25. The molecule has 3 heterocycles. The van der Waals surface area contributed by atoms with Crippen molar-refractivity contribution in [3.05, 3.63) is 58.0 Å². The lowest BCUT2D eigenvalue weighted by molar-refractivity contribution is 0.726. The summed E-state index contributed by atoms with van der Waals surface area (Å²) in [4.78, 5) is 19.9. The summed E-state index contributed by atoms with van der Waals surface area (Å²) in [7, 11) is 0. The summed E-state index contributed by atoms with van der Waals surface area (Å²) in [5.74, 6) is 0. The van der Waals surface area contributed by atoms with Crippen LogP contribution in [-0.2, 0) is 6.54 Å². The van der Waals surface area contributed by atoms with E-state index in [0.29, 0.717) is 6.54 Å². The lowest BCUT2D eigenvalue weighted by atomic mass is 10.2. The predicted octanol–water partition coefficient (Wildman–Crippen LogP) is 3.75. The monoisotopic (exact) mass is 354 g/mol. The lowest BCUT2D eigenvalue weighted by Gasteiger charge is -2.25. The highest BCUT2D eigenvalue weighted by Crippen LogP contribution is 2.28. The molecule has 25 heavy (non-hydrogen) atoms. The maximum absolute atomic E-state index is 12.1. The van der Waals surface area contributed by atoms with E-state index in [4.69, 9.17) is 0 Å². The van der Waals surface area contributed by atoms with Crippen molar-refractivity contribution in [3.8, 4) is 0 Å². The minimum Gasteiger partial charge on any atom is -0.378 e. The Kier molecular flexibility index (Phi) is 4.70. The van der Waals surface area contributed by atoms with Crippen LogP contribution in [-0.4, -0.2) is 22.5 Å². The molecule has 3 aromatic rings. The summed E-state index contributed by atoms with van der Waals surface area (Å²) in [6, 6.07) is 10.0. The number of para-hydroxylation sites is 2. The number of hydrogen-bond donors (Lipinski definition) is 1. The van der Waals surface area contributed by atoms with Gasteiger partial charge in [-0.3, -0.25) is 9.20 Å². The third-order valence-electron chi connectivity index (χ3n) is 4.67. The van der Waals surface area contributed by atoms with E-state index in [9.17, 15) is 4.79 Å². The molecule has 0 atom stereocenters. The zero-order valence-corrected chi connectivity index (χ0v) is 15.0. The fraction of sp³-hybridized carbons (Fsp3) is 0.368. The first-order valence-corrected chi connectivity index (χ1v) is 9.73. The number of anilines is 2. The van der Waals surface area contributed by atoms with Gasteiger partial charge in [0.1, 0.15) is 0 Å². The van der Waals surface area contributed by atoms with Gasteiger partial charge in [-0.05, 0) is 25.0 Å². The van der Waals surface area contributed by atoms with Crippen molar-refractivity contribution in [2.45, 2.75) is 32.2 Å². The first-order valence-electron chi connectivity index (χ1n) is 8.85. The Labute approximate surface area is 150 Å². The van der Waals surface area contributed by atoms with Gasteiger partial charge in [0.15, 0.2) is 4.96 Å². The first kappa shape index (κ1) is 16.1. The van der Waals surface area contributed by atoms with E-state index in [2.05, 4.69) is 39.5 Å². The molecule has 1 N–H and O–H groups in total. The molecule has 0 aliphatic carbocycles. The topological polar surface area (TPSA) is 49.6 Å². The number of benzene rings is 1. The van der Waals surface area contributed by atoms with Crippen LogP contribution in [0.4, 0.5) is 11.4 Å². The van der Waals surface area contributed by atoms with Crippen LogP contribution in [0.1, 0.15) is 31.4 Å². The van der Waals surface area contributed by atoms with Crippen molar-refractivity contribution >= 4 is 27.7 Å². The molecule has 1 saturated heterocycles. The molecule has 1 aromatic carbocycles. The zero-order chi connectivity index (χ0) is 17.1. The molecule has 1 aliphatic heterocycles. The Morgan fingerprint density at radius 3 is 2.76 bits per heavy atom. The Hall–Kier alpha value is -2.34. The second-order valence-corrected chi connectivity index (χ2v) is 7.29. The molecule has 0 unspecified atom stereocenters. The molecule has 1 fully saturated rings. The fourth-order valence-electron chi connectivity index (χ4n) is 3.37. The second kappa shape index (κ2) is 7.27. The van der Waals surface area contributed by atoms with E-state index in [-0.39, 0.29) is 5.56 Å². The van der Waals surface area contributed by atoms with Crippen LogP contribution in [0.15, 0.2) is 46.7 Å². The average Bonchev–Trinajstić information content (AvgIpc) is 2.95. The third-order valence-corrected chi connectivity index (χ3v) is 5.42. The summed E-state index contributed by atoms with van der Waals surface area (Å²) in [6.07, 6.45) is 6.91. The highest BCUT2D eigenvalue weighted by molar-refractivity contribution is 7.15. The van der Waals surface area contributed by atoms with Crippen LogP contribution in [0, 0.1) is 0 Å². The number of aromatic nitrogens is 2. The van der Waals surface area contributed by atoms with Crippen LogP contribution in [0.5, 0.6) is 0 Å². The maximum Gasteiger partial charge on any atom is 0.258 e. The van der Waals surface area contributed by atoms with Crippen LogP contribution in [0.25, 0.3) is 4.96 Å². The van der Waals surface area contributed by atoms with Crippen molar-refractivity contribution in [3.63, 3.8) is 0 Å². The van der Waals surface area contributed by atoms with E-state index in [1.165, 1.54) is 42.7 Å². The van der Waals surface area contributed by atoms with Gasteiger partial charge in [-0.1, -0.05) is 25.0 Å². The van der Waals surface area contributed by atoms with E-state index in [1.54, 1.807) is 16.7 Å². The summed E-state index contributed by atoms with van der Waals surface area (Å²) < 4.78 is 1.58. The Bertz CT molecular complexity index is 909. The normalized spacial score (nSPS) is 15.3. The molecule has 0 spiro atoms. The SMILES string of the molecule is O=c1cc(CNc2ccccc2N2CCCCCC2)nc2sccn12. The minimum absolute atomic E-state index is 0.0242. The van der Waals surface area contributed by atoms with E-state index < -0.39 is 0 Å². The molecule has 1 aliphatic rings. The van der Waals surface area contributed by atoms with Gasteiger partial charge in [0.05, 0.1) is 23.6 Å². The van der Waals surface area contributed by atoms with Gasteiger partial charge < -0.3 is 10.2 Å². The molecular weight excluding hydrogens is 332 g/mol. The molecule has 130 valence electrons. The van der Waals surface area contributed by atoms with E-state index >= 15 is 0 Å². The van der Waals surface area contributed by atoms with Crippen LogP contribution in [0.3, 0.4) is 0 Å². The summed E-state index contributed by atoms with van der Waals surface area (Å²) in [5, 5.41) is 5.37. The standard InChI is InChI=1S/C19H22N4OS/c24-18-13-15(21-19-23(18)11-12-25-19)14-20-16-7-3-4-8-17(16)22-9-5-1-2-6-10-22/h3-4,7-8,11-13,20H,1-2,5-6,9-10,14H2. The maximum atomic E-state index is 12.1. The molecule has 0 radical (unpaired) electrons. The van der Waals surface area contributed by atoms with Gasteiger partial charge in [0, 0.05) is 30.7 Å². The zero-order valence-electron chi connectivity index (χ0n) is 14.1. The Morgan fingerprint density at radius 2 is 1.92 bits per heavy atom. The average molecular weight is 354 g/mol. The molecule has 0 saturated carbocycles. The van der Waals surface area contributed by atoms with Gasteiger partial charge >= 0.3 is 0 Å². The number of nitrogens with zero attached hydrogens (tertiary/aromatic N) is 3. The Morgan fingerprint density at radius 1 is 1.12 bits per heavy atom. The highest BCUT2D eigenvalue weighted by atomic mass is 32.1. The van der Waals surface area contributed by atoms with Crippen molar-refractivity contribution in [1.29, 1.82) is 0 Å². The van der Waals surface area contributed by atoms with E-state index in [1.807, 2.05) is 5.38 Å². The van der Waals surface area contributed by atoms with Crippen molar-refractivity contribution in [1.82, 2.24) is 9.38 Å². The van der Waals surface area contributed by atoms with Gasteiger partial charge in [-0.25, -0.2) is 4.98 Å². The molecule has 2 aromatic heterocycles. The summed E-state index contributed by atoms with van der Waals surface area (Å²) in [5.41, 5.74) is 3.11. The van der Waals surface area contributed by atoms with Gasteiger partial charge in [0.25, 0.3) is 5.56 Å². The fourth-order valence-corrected chi connectivity index (χ4v) is 4.11. The van der Waals surface area contributed by atoms with Crippen molar-refractivity contribution in [2.24, 2.45) is 0 Å². The van der Waals surface area contributed by atoms with Crippen LogP contribution < -0.4 is 15.8 Å². The first-order chi connectivity index (χ1) is 12.3. The van der Waals surface area contributed by atoms with Crippen LogP contribution >= 0.6 is 11.3 Å². The quantitative estimate of drug-likeness (QED) is 0.775. The summed E-state index contributed by atoms with van der Waals surface area (Å²) in [6.45, 7) is 2.77. The molecule has 4 rings (SSSR count). The predicted molar refractivity (Wildman–Crippen MR) is 104 cm³/mol. The van der Waals surface area contributed by atoms with Crippen molar-refractivity contribution in [2.75, 3.05) is 23.3 Å². The molecular formula is C19H22N4OS. The minimum atomic E-state index is -0.0242. The van der Waals surface area contributed by atoms with Gasteiger partial charge in [-0.15, -0.1) is 11.3 Å². The number of hydrogen-bond acceptors (Lipinski definition) is 5. The molecule has 6 heteroatoms. The van der Waals surface area contributed by atoms with E-state index in [0.717, 1.165) is 29.4 Å². The van der Waals surface area contributed by atoms with Gasteiger partial charge in [0.2, 0.25) is 0 Å². The second-order valence-electron chi connectivity index (χ2n) is 6.41. The van der Waals surface area contributed by atoms with Crippen LogP contribution in [0.2, 0.25) is 0 Å². The largest absolute Gasteiger partial charge is 0.378 e. The number of fused-ring (bicyclic) bond motifs is 1. The van der Waals surface area contributed by atoms with Crippen molar-refractivity contribution < 1.29 is 0 Å². The molecule has 0 bridgehead atoms. The third kappa shape index (κ3) is 3.54. The smallest absolute Gasteiger partial charge is 0.258 e. The number of nitrogens with one attached hydrogen (secondary N) is 1.